The Morgan fingerprint density at radius 2 is 1.94 bits per heavy atom. The highest BCUT2D eigenvalue weighted by Crippen LogP contribution is 2.13. The predicted molar refractivity (Wildman–Crippen MR) is 73.3 cm³/mol. The van der Waals surface area contributed by atoms with E-state index in [2.05, 4.69) is 5.32 Å². The molecule has 17 heavy (non-hydrogen) atoms. The molecule has 0 spiro atoms. The van der Waals surface area contributed by atoms with E-state index in [0.717, 1.165) is 9.99 Å². The third kappa shape index (κ3) is 3.99. The minimum absolute atomic E-state index is 0.0774. The van der Waals surface area contributed by atoms with E-state index in [1.54, 1.807) is 6.07 Å². The lowest BCUT2D eigenvalue weighted by Crippen LogP contribution is -2.32. The van der Waals surface area contributed by atoms with Gasteiger partial charge in [-0.25, -0.2) is 4.79 Å². The first-order valence-electron chi connectivity index (χ1n) is 5.28. The number of carbonyl (C=O) groups is 2. The number of aromatic carboxylic acids is 1. The molecule has 0 aromatic heterocycles. The maximum atomic E-state index is 11.8. The maximum Gasteiger partial charge on any atom is 0.335 e. The van der Waals surface area contributed by atoms with Crippen LogP contribution in [0.2, 0.25) is 0 Å². The van der Waals surface area contributed by atoms with Crippen molar-refractivity contribution in [3.8, 4) is 0 Å². The van der Waals surface area contributed by atoms with Crippen LogP contribution in [0.15, 0.2) is 18.2 Å². The Balaban J connectivity index is 2.97. The number of halogens is 1. The van der Waals surface area contributed by atoms with Gasteiger partial charge in [-0.05, 0) is 54.1 Å². The number of hydrogen-bond donors (Lipinski definition) is 2. The number of benzene rings is 1. The van der Waals surface area contributed by atoms with Crippen molar-refractivity contribution in [1.82, 2.24) is 5.32 Å². The second-order valence-corrected chi connectivity index (χ2v) is 5.06. The van der Waals surface area contributed by atoms with E-state index in [1.165, 1.54) is 12.1 Å². The Hall–Kier alpha value is -1.11. The molecule has 0 heterocycles. The lowest BCUT2D eigenvalue weighted by molar-refractivity contribution is 0.0697. The summed E-state index contributed by atoms with van der Waals surface area (Å²) in [5.74, 6) is -1.26. The highest BCUT2D eigenvalue weighted by atomic mass is 127. The fourth-order valence-corrected chi connectivity index (χ4v) is 1.92. The Bertz CT molecular complexity index is 445. The van der Waals surface area contributed by atoms with Crippen LogP contribution >= 0.6 is 22.6 Å². The number of amides is 1. The van der Waals surface area contributed by atoms with Crippen LogP contribution < -0.4 is 5.32 Å². The van der Waals surface area contributed by atoms with Crippen molar-refractivity contribution >= 4 is 34.5 Å². The first-order chi connectivity index (χ1) is 7.93. The van der Waals surface area contributed by atoms with Crippen molar-refractivity contribution in [2.24, 2.45) is 0 Å². The number of nitrogens with one attached hydrogen (secondary N) is 1. The van der Waals surface area contributed by atoms with E-state index in [0.29, 0.717) is 5.56 Å². The summed E-state index contributed by atoms with van der Waals surface area (Å²) < 4.78 is 0.733. The van der Waals surface area contributed by atoms with E-state index >= 15 is 0 Å². The lowest BCUT2D eigenvalue weighted by atomic mass is 10.1. The smallest absolute Gasteiger partial charge is 0.335 e. The molecule has 2 N–H and O–H groups in total. The summed E-state index contributed by atoms with van der Waals surface area (Å²) >= 11 is 2.00. The van der Waals surface area contributed by atoms with Gasteiger partial charge in [0.25, 0.3) is 5.91 Å². The van der Waals surface area contributed by atoms with Crippen LogP contribution in [0.1, 0.15) is 41.0 Å². The molecule has 1 unspecified atom stereocenters. The number of carboxylic acids is 1. The first-order valence-corrected chi connectivity index (χ1v) is 6.36. The van der Waals surface area contributed by atoms with Crippen molar-refractivity contribution in [1.29, 1.82) is 0 Å². The average Bonchev–Trinajstić information content (AvgIpc) is 2.27. The van der Waals surface area contributed by atoms with Crippen LogP contribution in [0.5, 0.6) is 0 Å². The standard InChI is InChI=1S/C12H14INO3/c1-3-7(2)14-11(15)8-4-9(12(16)17)6-10(13)5-8/h4-7H,3H2,1-2H3,(H,14,15)(H,16,17). The Labute approximate surface area is 114 Å². The summed E-state index contributed by atoms with van der Waals surface area (Å²) in [6.07, 6.45) is 0.835. The van der Waals surface area contributed by atoms with Gasteiger partial charge in [-0.15, -0.1) is 0 Å². The van der Waals surface area contributed by atoms with Gasteiger partial charge < -0.3 is 10.4 Å². The van der Waals surface area contributed by atoms with Crippen LogP contribution in [0, 0.1) is 3.57 Å². The monoisotopic (exact) mass is 347 g/mol. The van der Waals surface area contributed by atoms with Gasteiger partial charge in [0.05, 0.1) is 5.56 Å². The molecule has 0 saturated carbocycles. The third-order valence-corrected chi connectivity index (χ3v) is 3.02. The van der Waals surface area contributed by atoms with Crippen LogP contribution in [0.4, 0.5) is 0 Å². The Morgan fingerprint density at radius 3 is 2.47 bits per heavy atom. The van der Waals surface area contributed by atoms with Crippen molar-refractivity contribution in [3.05, 3.63) is 32.9 Å². The highest BCUT2D eigenvalue weighted by molar-refractivity contribution is 14.1. The van der Waals surface area contributed by atoms with Gasteiger partial charge in [-0.2, -0.15) is 0 Å². The van der Waals surface area contributed by atoms with Crippen LogP contribution in [-0.2, 0) is 0 Å². The summed E-state index contributed by atoms with van der Waals surface area (Å²) in [5, 5.41) is 11.7. The summed E-state index contributed by atoms with van der Waals surface area (Å²) in [4.78, 5) is 22.7. The molecular weight excluding hydrogens is 333 g/mol. The fourth-order valence-electron chi connectivity index (χ4n) is 1.25. The van der Waals surface area contributed by atoms with Gasteiger partial charge in [0.15, 0.2) is 0 Å². The normalized spacial score (nSPS) is 11.9. The first kappa shape index (κ1) is 14.0. The molecule has 0 aliphatic carbocycles. The number of carboxylic acid groups (broad SMARTS) is 1. The quantitative estimate of drug-likeness (QED) is 0.823. The van der Waals surface area contributed by atoms with Gasteiger partial charge in [-0.1, -0.05) is 6.92 Å². The van der Waals surface area contributed by atoms with E-state index in [-0.39, 0.29) is 17.5 Å². The van der Waals surface area contributed by atoms with Gasteiger partial charge in [0.1, 0.15) is 0 Å². The zero-order valence-corrected chi connectivity index (χ0v) is 11.8. The van der Waals surface area contributed by atoms with Crippen LogP contribution in [0.25, 0.3) is 0 Å². The topological polar surface area (TPSA) is 66.4 Å². The summed E-state index contributed by atoms with van der Waals surface area (Å²) in [6.45, 7) is 3.88. The minimum Gasteiger partial charge on any atom is -0.478 e. The highest BCUT2D eigenvalue weighted by Gasteiger charge is 2.12. The molecule has 0 aliphatic rings. The van der Waals surface area contributed by atoms with Gasteiger partial charge >= 0.3 is 5.97 Å². The van der Waals surface area contributed by atoms with Crippen LogP contribution in [-0.4, -0.2) is 23.0 Å². The fraction of sp³-hybridized carbons (Fsp3) is 0.333. The number of hydrogen-bond acceptors (Lipinski definition) is 2. The zero-order valence-electron chi connectivity index (χ0n) is 9.66. The molecule has 1 aromatic carbocycles. The number of carbonyl (C=O) groups excluding carboxylic acids is 1. The molecule has 0 fully saturated rings. The molecule has 1 amide bonds. The van der Waals surface area contributed by atoms with Gasteiger partial charge in [-0.3, -0.25) is 4.79 Å². The molecule has 5 heteroatoms. The molecule has 4 nitrogen and oxygen atoms in total. The van der Waals surface area contributed by atoms with E-state index in [9.17, 15) is 9.59 Å². The minimum atomic E-state index is -1.03. The second kappa shape index (κ2) is 6.00. The molecule has 0 bridgehead atoms. The molecule has 0 saturated heterocycles. The zero-order chi connectivity index (χ0) is 13.0. The van der Waals surface area contributed by atoms with E-state index in [4.69, 9.17) is 5.11 Å². The SMILES string of the molecule is CCC(C)NC(=O)c1cc(I)cc(C(=O)O)c1. The lowest BCUT2D eigenvalue weighted by Gasteiger charge is -2.11. The van der Waals surface area contributed by atoms with Crippen molar-refractivity contribution in [3.63, 3.8) is 0 Å². The maximum absolute atomic E-state index is 11.8. The Kier molecular flexibility index (Phi) is 4.92. The molecule has 1 rings (SSSR count). The molecule has 1 aromatic rings. The molecule has 0 radical (unpaired) electrons. The van der Waals surface area contributed by atoms with Crippen molar-refractivity contribution in [2.45, 2.75) is 26.3 Å². The molecule has 0 aliphatic heterocycles. The van der Waals surface area contributed by atoms with E-state index < -0.39 is 5.97 Å². The van der Waals surface area contributed by atoms with Crippen LogP contribution in [0.3, 0.4) is 0 Å². The largest absolute Gasteiger partial charge is 0.478 e. The van der Waals surface area contributed by atoms with Gasteiger partial charge in [0, 0.05) is 15.2 Å². The predicted octanol–water partition coefficient (Wildman–Crippen LogP) is 2.52. The third-order valence-electron chi connectivity index (χ3n) is 2.40. The summed E-state index contributed by atoms with van der Waals surface area (Å²) in [7, 11) is 0. The van der Waals surface area contributed by atoms with Crippen molar-refractivity contribution < 1.29 is 14.7 Å². The summed E-state index contributed by atoms with van der Waals surface area (Å²) in [6, 6.07) is 4.67. The average molecular weight is 347 g/mol. The number of rotatable bonds is 4. The molecule has 92 valence electrons. The molecular formula is C12H14INO3. The van der Waals surface area contributed by atoms with Crippen molar-refractivity contribution in [2.75, 3.05) is 0 Å². The van der Waals surface area contributed by atoms with Gasteiger partial charge in [0.2, 0.25) is 0 Å². The summed E-state index contributed by atoms with van der Waals surface area (Å²) in [5.41, 5.74) is 0.515. The second-order valence-electron chi connectivity index (χ2n) is 3.82. The molecule has 1 atom stereocenters. The Morgan fingerprint density at radius 1 is 1.35 bits per heavy atom. The van der Waals surface area contributed by atoms with E-state index in [1.807, 2.05) is 36.4 Å².